The summed E-state index contributed by atoms with van der Waals surface area (Å²) in [6, 6.07) is 1.72. The fraction of sp³-hybridized carbons (Fsp3) is 0.545. The highest BCUT2D eigenvalue weighted by molar-refractivity contribution is 7.89. The Morgan fingerprint density at radius 3 is 2.50 bits per heavy atom. The van der Waals surface area contributed by atoms with Crippen molar-refractivity contribution in [3.8, 4) is 0 Å². The standard InChI is InChI=1S/C11H17N3O3S/c1-2-18(16,17)14-7-5-13(6-8-14)11(15)10-3-4-12-9-10/h3-4,9,12H,2,5-8H2,1H3. The van der Waals surface area contributed by atoms with Gasteiger partial charge in [-0.15, -0.1) is 0 Å². The summed E-state index contributed by atoms with van der Waals surface area (Å²) in [5, 5.41) is 0. The van der Waals surface area contributed by atoms with Gasteiger partial charge in [-0.05, 0) is 13.0 Å². The summed E-state index contributed by atoms with van der Waals surface area (Å²) in [7, 11) is -3.13. The second-order valence-corrected chi connectivity index (χ2v) is 6.45. The van der Waals surface area contributed by atoms with Crippen LogP contribution in [0.4, 0.5) is 0 Å². The van der Waals surface area contributed by atoms with Gasteiger partial charge < -0.3 is 9.88 Å². The first-order valence-electron chi connectivity index (χ1n) is 5.94. The van der Waals surface area contributed by atoms with Gasteiger partial charge in [0, 0.05) is 38.6 Å². The molecule has 0 saturated carbocycles. The van der Waals surface area contributed by atoms with Gasteiger partial charge in [0.05, 0.1) is 11.3 Å². The molecule has 1 aliphatic rings. The van der Waals surface area contributed by atoms with Crippen molar-refractivity contribution in [1.29, 1.82) is 0 Å². The van der Waals surface area contributed by atoms with E-state index in [9.17, 15) is 13.2 Å². The molecule has 2 heterocycles. The Morgan fingerprint density at radius 2 is 2.00 bits per heavy atom. The zero-order chi connectivity index (χ0) is 13.2. The van der Waals surface area contributed by atoms with Crippen LogP contribution in [-0.4, -0.2) is 60.4 Å². The molecule has 0 atom stereocenters. The molecule has 0 spiro atoms. The molecule has 1 aliphatic heterocycles. The highest BCUT2D eigenvalue weighted by Gasteiger charge is 2.27. The Hall–Kier alpha value is -1.34. The minimum absolute atomic E-state index is 0.0511. The van der Waals surface area contributed by atoms with Crippen LogP contribution in [0.2, 0.25) is 0 Å². The van der Waals surface area contributed by atoms with Gasteiger partial charge in [-0.3, -0.25) is 4.79 Å². The van der Waals surface area contributed by atoms with Gasteiger partial charge in [-0.2, -0.15) is 4.31 Å². The van der Waals surface area contributed by atoms with Gasteiger partial charge in [0.1, 0.15) is 0 Å². The lowest BCUT2D eigenvalue weighted by Crippen LogP contribution is -2.50. The Bertz CT molecular complexity index is 502. The number of carbonyl (C=O) groups excluding carboxylic acids is 1. The fourth-order valence-electron chi connectivity index (χ4n) is 1.99. The molecule has 1 aromatic rings. The molecular weight excluding hydrogens is 254 g/mol. The highest BCUT2D eigenvalue weighted by Crippen LogP contribution is 2.11. The van der Waals surface area contributed by atoms with E-state index in [2.05, 4.69) is 4.98 Å². The van der Waals surface area contributed by atoms with Gasteiger partial charge in [0.15, 0.2) is 0 Å². The molecule has 0 aromatic carbocycles. The third-order valence-electron chi connectivity index (χ3n) is 3.13. The molecule has 0 radical (unpaired) electrons. The summed E-state index contributed by atoms with van der Waals surface area (Å²) in [4.78, 5) is 16.5. The molecule has 0 aliphatic carbocycles. The molecule has 100 valence electrons. The normalized spacial score (nSPS) is 17.9. The average molecular weight is 271 g/mol. The molecule has 1 N–H and O–H groups in total. The Morgan fingerprint density at radius 1 is 1.33 bits per heavy atom. The predicted molar refractivity (Wildman–Crippen MR) is 67.7 cm³/mol. The zero-order valence-corrected chi connectivity index (χ0v) is 11.1. The molecule has 1 fully saturated rings. The summed E-state index contributed by atoms with van der Waals surface area (Å²) in [6.45, 7) is 3.29. The number of nitrogens with zero attached hydrogens (tertiary/aromatic N) is 2. The van der Waals surface area contributed by atoms with Crippen molar-refractivity contribution in [1.82, 2.24) is 14.2 Å². The first-order valence-corrected chi connectivity index (χ1v) is 7.55. The summed E-state index contributed by atoms with van der Waals surface area (Å²) in [6.07, 6.45) is 3.35. The van der Waals surface area contributed by atoms with Gasteiger partial charge >= 0.3 is 0 Å². The molecule has 0 bridgehead atoms. The van der Waals surface area contributed by atoms with Crippen molar-refractivity contribution in [3.05, 3.63) is 24.0 Å². The van der Waals surface area contributed by atoms with E-state index >= 15 is 0 Å². The van der Waals surface area contributed by atoms with Crippen LogP contribution in [0.1, 0.15) is 17.3 Å². The molecule has 7 heteroatoms. The number of carbonyl (C=O) groups is 1. The lowest BCUT2D eigenvalue weighted by atomic mass is 10.2. The van der Waals surface area contributed by atoms with E-state index in [-0.39, 0.29) is 11.7 Å². The van der Waals surface area contributed by atoms with Crippen molar-refractivity contribution in [2.75, 3.05) is 31.9 Å². The molecule has 18 heavy (non-hydrogen) atoms. The molecule has 0 unspecified atom stereocenters. The Kier molecular flexibility index (Phi) is 3.72. The third-order valence-corrected chi connectivity index (χ3v) is 5.01. The Balaban J connectivity index is 1.97. The van der Waals surface area contributed by atoms with Gasteiger partial charge in [-0.1, -0.05) is 0 Å². The predicted octanol–water partition coefficient (Wildman–Crippen LogP) is 0.122. The molecule has 6 nitrogen and oxygen atoms in total. The average Bonchev–Trinajstić information content (AvgIpc) is 2.92. The maximum Gasteiger partial charge on any atom is 0.255 e. The zero-order valence-electron chi connectivity index (χ0n) is 10.3. The second kappa shape index (κ2) is 5.11. The number of sulfonamides is 1. The lowest BCUT2D eigenvalue weighted by molar-refractivity contribution is 0.0698. The summed E-state index contributed by atoms with van der Waals surface area (Å²) >= 11 is 0. The minimum atomic E-state index is -3.13. The maximum atomic E-state index is 12.0. The number of piperazine rings is 1. The van der Waals surface area contributed by atoms with Crippen LogP contribution in [0.3, 0.4) is 0 Å². The molecule has 1 amide bonds. The highest BCUT2D eigenvalue weighted by atomic mass is 32.2. The van der Waals surface area contributed by atoms with E-state index in [1.165, 1.54) is 4.31 Å². The second-order valence-electron chi connectivity index (χ2n) is 4.19. The largest absolute Gasteiger partial charge is 0.367 e. The minimum Gasteiger partial charge on any atom is -0.367 e. The van der Waals surface area contributed by atoms with Crippen molar-refractivity contribution in [2.45, 2.75) is 6.92 Å². The number of amides is 1. The van der Waals surface area contributed by atoms with E-state index in [0.29, 0.717) is 31.7 Å². The van der Waals surface area contributed by atoms with Crippen LogP contribution in [0, 0.1) is 0 Å². The summed E-state index contributed by atoms with van der Waals surface area (Å²) < 4.78 is 24.8. The monoisotopic (exact) mass is 271 g/mol. The van der Waals surface area contributed by atoms with E-state index in [1.54, 1.807) is 30.3 Å². The van der Waals surface area contributed by atoms with E-state index in [4.69, 9.17) is 0 Å². The maximum absolute atomic E-state index is 12.0. The van der Waals surface area contributed by atoms with Crippen molar-refractivity contribution in [3.63, 3.8) is 0 Å². The van der Waals surface area contributed by atoms with Crippen LogP contribution < -0.4 is 0 Å². The Labute approximate surface area is 107 Å². The van der Waals surface area contributed by atoms with Crippen molar-refractivity contribution >= 4 is 15.9 Å². The third kappa shape index (κ3) is 2.56. The first kappa shape index (κ1) is 13.1. The van der Waals surface area contributed by atoms with E-state index in [0.717, 1.165) is 0 Å². The van der Waals surface area contributed by atoms with Crippen LogP contribution in [0.5, 0.6) is 0 Å². The summed E-state index contributed by atoms with van der Waals surface area (Å²) in [5.41, 5.74) is 0.613. The van der Waals surface area contributed by atoms with Crippen LogP contribution in [0.25, 0.3) is 0 Å². The quantitative estimate of drug-likeness (QED) is 0.848. The van der Waals surface area contributed by atoms with Gasteiger partial charge in [-0.25, -0.2) is 8.42 Å². The molecular formula is C11H17N3O3S. The van der Waals surface area contributed by atoms with E-state index in [1.807, 2.05) is 0 Å². The van der Waals surface area contributed by atoms with Crippen LogP contribution in [0.15, 0.2) is 18.5 Å². The van der Waals surface area contributed by atoms with Crippen molar-refractivity contribution in [2.24, 2.45) is 0 Å². The molecule has 1 saturated heterocycles. The van der Waals surface area contributed by atoms with Crippen molar-refractivity contribution < 1.29 is 13.2 Å². The number of nitrogens with one attached hydrogen (secondary N) is 1. The molecule has 2 rings (SSSR count). The fourth-order valence-corrected chi connectivity index (χ4v) is 3.08. The number of aromatic nitrogens is 1. The number of hydrogen-bond acceptors (Lipinski definition) is 3. The number of hydrogen-bond donors (Lipinski definition) is 1. The first-order chi connectivity index (χ1) is 8.54. The SMILES string of the molecule is CCS(=O)(=O)N1CCN(C(=O)c2cc[nH]c2)CC1. The summed E-state index contributed by atoms with van der Waals surface area (Å²) in [5.74, 6) is 0.0588. The number of H-pyrrole nitrogens is 1. The smallest absolute Gasteiger partial charge is 0.255 e. The van der Waals surface area contributed by atoms with Gasteiger partial charge in [0.2, 0.25) is 10.0 Å². The molecule has 1 aromatic heterocycles. The van der Waals surface area contributed by atoms with Crippen LogP contribution in [-0.2, 0) is 10.0 Å². The van der Waals surface area contributed by atoms with E-state index < -0.39 is 10.0 Å². The number of rotatable bonds is 3. The van der Waals surface area contributed by atoms with Gasteiger partial charge in [0.25, 0.3) is 5.91 Å². The number of aromatic amines is 1. The lowest BCUT2D eigenvalue weighted by Gasteiger charge is -2.33. The van der Waals surface area contributed by atoms with Crippen LogP contribution >= 0.6 is 0 Å². The topological polar surface area (TPSA) is 73.5 Å².